The van der Waals surface area contributed by atoms with E-state index >= 15 is 0 Å². The van der Waals surface area contributed by atoms with E-state index in [-0.39, 0.29) is 0 Å². The van der Waals surface area contributed by atoms with Gasteiger partial charge in [-0.3, -0.25) is 0 Å². The lowest BCUT2D eigenvalue weighted by molar-refractivity contribution is 1.01. The van der Waals surface area contributed by atoms with Gasteiger partial charge in [-0.25, -0.2) is 15.0 Å². The Morgan fingerprint density at radius 1 is 0.274 bits per heavy atom. The maximum atomic E-state index is 13.1. The SMILES string of the molecule is Cc1ccc2c(c1)c1cc(C)ccc1n2-c1c(C#N)c(-n2c3ccccc3c3ccccc32)c(-n2c3ccc(C)cc3c3cc(C)ccc32)c(-c2nc(-c3ccccc3)nc(-c3ccccc3)n2)c1-n1c2ccc(C)cc2c2cc(C)ccc21. The van der Waals surface area contributed by atoms with Crippen LogP contribution in [-0.4, -0.2) is 33.2 Å². The molecule has 0 unspecified atom stereocenters. The van der Waals surface area contributed by atoms with Crippen molar-refractivity contribution in [1.82, 2.24) is 33.2 Å². The first-order valence-electron chi connectivity index (χ1n) is 28.7. The van der Waals surface area contributed by atoms with Gasteiger partial charge < -0.3 is 18.3 Å². The average molecular weight is 1080 g/mol. The highest BCUT2D eigenvalue weighted by Gasteiger charge is 2.36. The van der Waals surface area contributed by atoms with Crippen LogP contribution in [-0.2, 0) is 0 Å². The van der Waals surface area contributed by atoms with Crippen molar-refractivity contribution in [1.29, 1.82) is 5.26 Å². The third kappa shape index (κ3) is 7.28. The number of hydrogen-bond acceptors (Lipinski definition) is 4. The van der Waals surface area contributed by atoms with E-state index in [2.05, 4.69) is 248 Å². The van der Waals surface area contributed by atoms with Gasteiger partial charge in [0.2, 0.25) is 0 Å². The Balaban J connectivity index is 1.28. The molecule has 0 aliphatic carbocycles. The second-order valence-electron chi connectivity index (χ2n) is 22.8. The van der Waals surface area contributed by atoms with Gasteiger partial charge in [-0.1, -0.05) is 167 Å². The number of nitrogens with zero attached hydrogens (tertiary/aromatic N) is 8. The van der Waals surface area contributed by atoms with E-state index in [9.17, 15) is 5.26 Å². The van der Waals surface area contributed by atoms with Crippen molar-refractivity contribution >= 4 is 87.2 Å². The number of benzene rings is 11. The molecule has 0 saturated carbocycles. The molecule has 16 rings (SSSR count). The molecule has 8 heteroatoms. The fraction of sp³-hybridized carbons (Fsp3) is 0.0789. The predicted molar refractivity (Wildman–Crippen MR) is 347 cm³/mol. The monoisotopic (exact) mass is 1080 g/mol. The van der Waals surface area contributed by atoms with Gasteiger partial charge in [-0.05, 0) is 126 Å². The lowest BCUT2D eigenvalue weighted by Gasteiger charge is -2.29. The summed E-state index contributed by atoms with van der Waals surface area (Å²) in [5.41, 5.74) is 20.3. The minimum atomic E-state index is 0.441. The molecule has 0 N–H and O–H groups in total. The smallest absolute Gasteiger partial charge is 0.168 e. The van der Waals surface area contributed by atoms with E-state index in [0.717, 1.165) is 143 Å². The maximum Gasteiger partial charge on any atom is 0.168 e. The molecular formula is C76H54N8. The quantitative estimate of drug-likeness (QED) is 0.159. The summed E-state index contributed by atoms with van der Waals surface area (Å²) in [5.74, 6) is 1.48. The first-order valence-corrected chi connectivity index (χ1v) is 28.7. The molecule has 0 bridgehead atoms. The minimum absolute atomic E-state index is 0.441. The summed E-state index contributed by atoms with van der Waals surface area (Å²) in [6.45, 7) is 13.0. The molecule has 0 radical (unpaired) electrons. The first kappa shape index (κ1) is 49.0. The zero-order valence-electron chi connectivity index (χ0n) is 47.4. The molecule has 5 heterocycles. The van der Waals surface area contributed by atoms with Gasteiger partial charge in [0.15, 0.2) is 17.5 Å². The highest BCUT2D eigenvalue weighted by molar-refractivity contribution is 6.17. The third-order valence-corrected chi connectivity index (χ3v) is 17.1. The van der Waals surface area contributed by atoms with Crippen LogP contribution in [0.5, 0.6) is 0 Å². The lowest BCUT2D eigenvalue weighted by Crippen LogP contribution is -2.17. The Morgan fingerprint density at radius 2 is 0.536 bits per heavy atom. The van der Waals surface area contributed by atoms with Crippen molar-refractivity contribution < 1.29 is 0 Å². The molecule has 16 aromatic rings. The molecule has 0 aliphatic rings. The lowest BCUT2D eigenvalue weighted by atomic mass is 9.97. The van der Waals surface area contributed by atoms with Crippen LogP contribution in [0.3, 0.4) is 0 Å². The number of aryl methyl sites for hydroxylation is 6. The Morgan fingerprint density at radius 3 is 0.845 bits per heavy atom. The van der Waals surface area contributed by atoms with Crippen LogP contribution in [0.1, 0.15) is 38.9 Å². The second-order valence-corrected chi connectivity index (χ2v) is 22.8. The third-order valence-electron chi connectivity index (χ3n) is 17.1. The Labute approximate surface area is 485 Å². The highest BCUT2D eigenvalue weighted by Crippen LogP contribution is 2.52. The topological polar surface area (TPSA) is 82.2 Å². The van der Waals surface area contributed by atoms with Crippen LogP contribution < -0.4 is 0 Å². The minimum Gasteiger partial charge on any atom is -0.306 e. The highest BCUT2D eigenvalue weighted by atomic mass is 15.1. The summed E-state index contributed by atoms with van der Waals surface area (Å²) >= 11 is 0. The zero-order valence-corrected chi connectivity index (χ0v) is 47.4. The summed E-state index contributed by atoms with van der Waals surface area (Å²) in [6.07, 6.45) is 0. The van der Waals surface area contributed by atoms with Crippen molar-refractivity contribution in [2.24, 2.45) is 0 Å². The van der Waals surface area contributed by atoms with E-state index in [1.807, 2.05) is 36.4 Å². The molecule has 0 aliphatic heterocycles. The van der Waals surface area contributed by atoms with Crippen molar-refractivity contribution in [3.05, 3.63) is 257 Å². The van der Waals surface area contributed by atoms with E-state index < -0.39 is 0 Å². The first-order chi connectivity index (χ1) is 41.1. The van der Waals surface area contributed by atoms with Crippen molar-refractivity contribution in [3.63, 3.8) is 0 Å². The largest absolute Gasteiger partial charge is 0.306 e. The second kappa shape index (κ2) is 18.6. The van der Waals surface area contributed by atoms with E-state index in [1.54, 1.807) is 0 Å². The Bertz CT molecular complexity index is 5220. The van der Waals surface area contributed by atoms with Crippen molar-refractivity contribution in [3.8, 4) is 63.0 Å². The van der Waals surface area contributed by atoms with Gasteiger partial charge in [0, 0.05) is 54.2 Å². The van der Waals surface area contributed by atoms with Gasteiger partial charge in [-0.15, -0.1) is 0 Å². The average Bonchev–Trinajstić information content (AvgIpc) is 1.49. The molecule has 84 heavy (non-hydrogen) atoms. The van der Waals surface area contributed by atoms with Crippen molar-refractivity contribution in [2.45, 2.75) is 41.5 Å². The standard InChI is InChI=1S/C76H54N8/c1-44-25-31-63-54(37-44)55-38-45(2)26-32-64(55)82(63)71-60(43-77)70(81-61-23-15-13-21-52(61)53-22-14-16-24-62(53)81)72(83-65-33-27-46(3)39-56(65)57-40-47(4)28-34-66(57)83)69(73(71)84-67-35-29-48(5)41-58(67)59-42-49(6)30-36-68(59)84)76-79-74(50-17-9-7-10-18-50)78-75(80-76)51-19-11-8-12-20-51/h7-42H,1-6H3. The summed E-state index contributed by atoms with van der Waals surface area (Å²) in [7, 11) is 0. The molecule has 5 aromatic heterocycles. The van der Waals surface area contributed by atoms with Crippen LogP contribution in [0.4, 0.5) is 0 Å². The fourth-order valence-electron chi connectivity index (χ4n) is 13.4. The molecule has 0 saturated heterocycles. The van der Waals surface area contributed by atoms with Gasteiger partial charge in [0.1, 0.15) is 11.6 Å². The van der Waals surface area contributed by atoms with E-state index in [4.69, 9.17) is 15.0 Å². The predicted octanol–water partition coefficient (Wildman–Crippen LogP) is 19.0. The van der Waals surface area contributed by atoms with Crippen LogP contribution >= 0.6 is 0 Å². The summed E-state index contributed by atoms with van der Waals surface area (Å²) < 4.78 is 9.57. The molecule has 0 amide bonds. The van der Waals surface area contributed by atoms with Crippen LogP contribution in [0.25, 0.3) is 144 Å². The normalized spacial score (nSPS) is 11.9. The Hall–Kier alpha value is -10.9. The summed E-state index contributed by atoms with van der Waals surface area (Å²) in [5, 5.41) is 21.8. The van der Waals surface area contributed by atoms with Gasteiger partial charge in [0.05, 0.1) is 72.4 Å². The number of para-hydroxylation sites is 2. The number of aromatic nitrogens is 7. The molecule has 0 atom stereocenters. The van der Waals surface area contributed by atoms with Crippen molar-refractivity contribution in [2.75, 3.05) is 0 Å². The number of fused-ring (bicyclic) bond motifs is 12. The zero-order chi connectivity index (χ0) is 56.6. The van der Waals surface area contributed by atoms with Crippen LogP contribution in [0, 0.1) is 52.9 Å². The summed E-state index contributed by atoms with van der Waals surface area (Å²) in [4.78, 5) is 17.1. The molecule has 0 fully saturated rings. The van der Waals surface area contributed by atoms with Gasteiger partial charge in [0.25, 0.3) is 0 Å². The molecule has 398 valence electrons. The fourth-order valence-corrected chi connectivity index (χ4v) is 13.4. The van der Waals surface area contributed by atoms with Crippen LogP contribution in [0.2, 0.25) is 0 Å². The maximum absolute atomic E-state index is 13.1. The summed E-state index contributed by atoms with van der Waals surface area (Å²) in [6, 6.07) is 81.3. The number of hydrogen-bond donors (Lipinski definition) is 0. The molecule has 0 spiro atoms. The van der Waals surface area contributed by atoms with E-state index in [1.165, 1.54) is 0 Å². The van der Waals surface area contributed by atoms with E-state index in [0.29, 0.717) is 40.0 Å². The van der Waals surface area contributed by atoms with Gasteiger partial charge in [-0.2, -0.15) is 5.26 Å². The number of rotatable bonds is 7. The number of nitriles is 1. The molecule has 8 nitrogen and oxygen atoms in total. The Kier molecular flexibility index (Phi) is 10.8. The molecule has 11 aromatic carbocycles. The molecular weight excluding hydrogens is 1020 g/mol. The van der Waals surface area contributed by atoms with Gasteiger partial charge >= 0.3 is 0 Å². The van der Waals surface area contributed by atoms with Crippen LogP contribution in [0.15, 0.2) is 218 Å².